The van der Waals surface area contributed by atoms with Crippen LogP contribution in [0.15, 0.2) is 48.5 Å². The highest BCUT2D eigenvalue weighted by Crippen LogP contribution is 2.23. The van der Waals surface area contributed by atoms with E-state index in [-0.39, 0.29) is 31.7 Å². The van der Waals surface area contributed by atoms with E-state index < -0.39 is 30.1 Å². The molecule has 11 nitrogen and oxygen atoms in total. The van der Waals surface area contributed by atoms with Crippen LogP contribution in [0.3, 0.4) is 0 Å². The molecule has 2 aromatic rings. The number of ether oxygens (including phenoxy) is 2. The summed E-state index contributed by atoms with van der Waals surface area (Å²) < 4.78 is 10.3. The van der Waals surface area contributed by atoms with E-state index in [4.69, 9.17) is 9.47 Å². The second kappa shape index (κ2) is 10.1. The summed E-state index contributed by atoms with van der Waals surface area (Å²) in [5.41, 5.74) is 2.08. The molecule has 2 aromatic carbocycles. The Morgan fingerprint density at radius 3 is 2.57 bits per heavy atom. The van der Waals surface area contributed by atoms with Crippen LogP contribution in [0.1, 0.15) is 22.0 Å². The van der Waals surface area contributed by atoms with E-state index in [0.29, 0.717) is 16.9 Å². The molecule has 4 amide bonds. The number of morpholine rings is 1. The van der Waals surface area contributed by atoms with Gasteiger partial charge in [-0.05, 0) is 35.9 Å². The van der Waals surface area contributed by atoms with Crippen molar-refractivity contribution in [1.82, 2.24) is 10.2 Å². The van der Waals surface area contributed by atoms with E-state index >= 15 is 0 Å². The Morgan fingerprint density at radius 1 is 1.17 bits per heavy atom. The Bertz CT molecular complexity index is 1130. The minimum absolute atomic E-state index is 0.108. The zero-order valence-corrected chi connectivity index (χ0v) is 19.3. The standard InChI is InChI=1S/C24H26N4O7/c1-27(2)22(31)15-4-3-5-17(12-15)28-10-11-34-20(23(28)32)19(29)21(30)25-16-8-6-14(7-9-16)18-13-35-24(33)26-18/h3-9,12,18-20,29H,10-11,13H2,1-2H3,(H,25,30)(H,26,33). The van der Waals surface area contributed by atoms with Gasteiger partial charge in [0.15, 0.2) is 12.2 Å². The van der Waals surface area contributed by atoms with Crippen LogP contribution in [0.5, 0.6) is 0 Å². The average molecular weight is 482 g/mol. The molecule has 35 heavy (non-hydrogen) atoms. The lowest BCUT2D eigenvalue weighted by Gasteiger charge is -2.34. The van der Waals surface area contributed by atoms with Gasteiger partial charge in [0.25, 0.3) is 17.7 Å². The van der Waals surface area contributed by atoms with Gasteiger partial charge in [0, 0.05) is 37.6 Å². The number of carbonyl (C=O) groups excluding carboxylic acids is 4. The van der Waals surface area contributed by atoms with Gasteiger partial charge in [0.1, 0.15) is 6.61 Å². The molecule has 184 valence electrons. The maximum atomic E-state index is 13.1. The lowest BCUT2D eigenvalue weighted by atomic mass is 10.1. The summed E-state index contributed by atoms with van der Waals surface area (Å²) in [5.74, 6) is -1.59. The normalized spacial score (nSPS) is 20.6. The summed E-state index contributed by atoms with van der Waals surface area (Å²) in [6, 6.07) is 13.0. The van der Waals surface area contributed by atoms with Gasteiger partial charge >= 0.3 is 6.09 Å². The van der Waals surface area contributed by atoms with E-state index in [0.717, 1.165) is 5.56 Å². The molecule has 4 rings (SSSR count). The highest BCUT2D eigenvalue weighted by molar-refractivity contribution is 6.04. The number of benzene rings is 2. The molecule has 3 N–H and O–H groups in total. The van der Waals surface area contributed by atoms with Crippen molar-refractivity contribution >= 4 is 35.2 Å². The van der Waals surface area contributed by atoms with Crippen LogP contribution in [0.4, 0.5) is 16.2 Å². The van der Waals surface area contributed by atoms with Gasteiger partial charge in [-0.15, -0.1) is 0 Å². The number of hydrogen-bond acceptors (Lipinski definition) is 7. The van der Waals surface area contributed by atoms with Crippen molar-refractivity contribution in [1.29, 1.82) is 0 Å². The van der Waals surface area contributed by atoms with Crippen molar-refractivity contribution in [2.75, 3.05) is 44.1 Å². The maximum Gasteiger partial charge on any atom is 0.407 e. The van der Waals surface area contributed by atoms with E-state index in [1.54, 1.807) is 62.6 Å². The first-order valence-electron chi connectivity index (χ1n) is 11.0. The van der Waals surface area contributed by atoms with Crippen molar-refractivity contribution < 1.29 is 33.8 Å². The molecule has 2 saturated heterocycles. The van der Waals surface area contributed by atoms with Gasteiger partial charge < -0.3 is 35.0 Å². The summed E-state index contributed by atoms with van der Waals surface area (Å²) in [4.78, 5) is 52.1. The fraction of sp³-hybridized carbons (Fsp3) is 0.333. The van der Waals surface area contributed by atoms with Gasteiger partial charge in [0.2, 0.25) is 0 Å². The molecule has 0 aliphatic carbocycles. The fourth-order valence-electron chi connectivity index (χ4n) is 3.87. The third-order valence-electron chi connectivity index (χ3n) is 5.74. The van der Waals surface area contributed by atoms with Crippen LogP contribution >= 0.6 is 0 Å². The molecular weight excluding hydrogens is 456 g/mol. The van der Waals surface area contributed by atoms with Crippen molar-refractivity contribution in [3.8, 4) is 0 Å². The minimum atomic E-state index is -1.75. The van der Waals surface area contributed by atoms with Crippen LogP contribution in [-0.4, -0.2) is 79.9 Å². The lowest BCUT2D eigenvalue weighted by Crippen LogP contribution is -2.55. The first-order valence-corrected chi connectivity index (χ1v) is 11.0. The van der Waals surface area contributed by atoms with Crippen LogP contribution < -0.4 is 15.5 Å². The third-order valence-corrected chi connectivity index (χ3v) is 5.74. The number of nitrogens with one attached hydrogen (secondary N) is 2. The topological polar surface area (TPSA) is 138 Å². The van der Waals surface area contributed by atoms with Crippen molar-refractivity contribution in [3.63, 3.8) is 0 Å². The molecule has 2 aliphatic rings. The average Bonchev–Trinajstić information content (AvgIpc) is 3.30. The van der Waals surface area contributed by atoms with Crippen LogP contribution in [0, 0.1) is 0 Å². The predicted octanol–water partition coefficient (Wildman–Crippen LogP) is 0.901. The van der Waals surface area contributed by atoms with Crippen molar-refractivity contribution in [2.24, 2.45) is 0 Å². The van der Waals surface area contributed by atoms with Crippen LogP contribution in [0.2, 0.25) is 0 Å². The molecule has 0 bridgehead atoms. The molecule has 0 aromatic heterocycles. The number of alkyl carbamates (subject to hydrolysis) is 1. The maximum absolute atomic E-state index is 13.1. The molecule has 0 spiro atoms. The number of anilines is 2. The number of hydrogen-bond donors (Lipinski definition) is 3. The largest absolute Gasteiger partial charge is 0.447 e. The Labute approximate surface area is 201 Å². The highest BCUT2D eigenvalue weighted by atomic mass is 16.6. The molecule has 2 aliphatic heterocycles. The quantitative estimate of drug-likeness (QED) is 0.556. The molecule has 2 heterocycles. The number of cyclic esters (lactones) is 1. The summed E-state index contributed by atoms with van der Waals surface area (Å²) >= 11 is 0. The Morgan fingerprint density at radius 2 is 1.91 bits per heavy atom. The van der Waals surface area contributed by atoms with Gasteiger partial charge in [-0.2, -0.15) is 0 Å². The Hall–Kier alpha value is -3.96. The zero-order chi connectivity index (χ0) is 25.1. The van der Waals surface area contributed by atoms with Gasteiger partial charge in [-0.1, -0.05) is 18.2 Å². The van der Waals surface area contributed by atoms with Crippen molar-refractivity contribution in [2.45, 2.75) is 18.2 Å². The second-order valence-corrected chi connectivity index (χ2v) is 8.38. The van der Waals surface area contributed by atoms with Gasteiger partial charge in [0.05, 0.1) is 12.6 Å². The predicted molar refractivity (Wildman–Crippen MR) is 125 cm³/mol. The number of rotatable bonds is 6. The minimum Gasteiger partial charge on any atom is -0.447 e. The molecule has 3 unspecified atom stereocenters. The Kier molecular flexibility index (Phi) is 6.99. The first-order chi connectivity index (χ1) is 16.7. The smallest absolute Gasteiger partial charge is 0.407 e. The Balaban J connectivity index is 1.42. The van der Waals surface area contributed by atoms with E-state index in [9.17, 15) is 24.3 Å². The molecule has 0 radical (unpaired) electrons. The van der Waals surface area contributed by atoms with Crippen LogP contribution in [0.25, 0.3) is 0 Å². The fourth-order valence-corrected chi connectivity index (χ4v) is 3.87. The summed E-state index contributed by atoms with van der Waals surface area (Å²) in [6.07, 6.45) is -3.64. The monoisotopic (exact) mass is 482 g/mol. The lowest BCUT2D eigenvalue weighted by molar-refractivity contribution is -0.150. The molecule has 2 fully saturated rings. The van der Waals surface area contributed by atoms with Gasteiger partial charge in [-0.3, -0.25) is 14.4 Å². The first kappa shape index (κ1) is 24.2. The number of carbonyl (C=O) groups is 4. The number of amides is 4. The number of aliphatic hydroxyl groups excluding tert-OH is 1. The summed E-state index contributed by atoms with van der Waals surface area (Å²) in [7, 11) is 3.27. The van der Waals surface area contributed by atoms with Crippen molar-refractivity contribution in [3.05, 3.63) is 59.7 Å². The molecular formula is C24H26N4O7. The summed E-state index contributed by atoms with van der Waals surface area (Å²) in [6.45, 7) is 0.537. The molecule has 3 atom stereocenters. The summed E-state index contributed by atoms with van der Waals surface area (Å²) in [5, 5.41) is 15.8. The van der Waals surface area contributed by atoms with E-state index in [1.807, 2.05) is 0 Å². The second-order valence-electron chi connectivity index (χ2n) is 8.38. The van der Waals surface area contributed by atoms with E-state index in [1.165, 1.54) is 9.80 Å². The molecule has 0 saturated carbocycles. The highest BCUT2D eigenvalue weighted by Gasteiger charge is 2.39. The van der Waals surface area contributed by atoms with Crippen LogP contribution in [-0.2, 0) is 19.1 Å². The zero-order valence-electron chi connectivity index (χ0n) is 19.3. The third kappa shape index (κ3) is 5.26. The van der Waals surface area contributed by atoms with Gasteiger partial charge in [-0.25, -0.2) is 4.79 Å². The number of aliphatic hydroxyl groups is 1. The number of nitrogens with zero attached hydrogens (tertiary/aromatic N) is 2. The molecule has 11 heteroatoms. The SMILES string of the molecule is CN(C)C(=O)c1cccc(N2CCOC(C(O)C(=O)Nc3ccc(C4COC(=O)N4)cc3)C2=O)c1. The van der Waals surface area contributed by atoms with E-state index in [2.05, 4.69) is 10.6 Å².